The Balaban J connectivity index is 1.92. The molecule has 1 saturated carbocycles. The second kappa shape index (κ2) is 5.23. The highest BCUT2D eigenvalue weighted by molar-refractivity contribution is 5.77. The van der Waals surface area contributed by atoms with Gasteiger partial charge in [0.2, 0.25) is 0 Å². The van der Waals surface area contributed by atoms with Gasteiger partial charge in [-0.1, -0.05) is 30.7 Å². The minimum Gasteiger partial charge on any atom is -0.469 e. The average molecular weight is 272 g/mol. The lowest BCUT2D eigenvalue weighted by Gasteiger charge is -2.43. The van der Waals surface area contributed by atoms with Crippen LogP contribution in [0.4, 0.5) is 0 Å². The van der Waals surface area contributed by atoms with Crippen LogP contribution in [0.5, 0.6) is 0 Å². The van der Waals surface area contributed by atoms with Gasteiger partial charge in [0.25, 0.3) is 0 Å². The van der Waals surface area contributed by atoms with Crippen molar-refractivity contribution in [1.29, 1.82) is 0 Å². The van der Waals surface area contributed by atoms with Gasteiger partial charge in [0.1, 0.15) is 0 Å². The Morgan fingerprint density at radius 3 is 2.75 bits per heavy atom. The highest BCUT2D eigenvalue weighted by Gasteiger charge is 2.48. The number of carbonyl (C=O) groups is 1. The maximum absolute atomic E-state index is 12.3. The van der Waals surface area contributed by atoms with E-state index in [4.69, 9.17) is 4.74 Å². The molecule has 0 amide bonds. The molecular weight excluding hydrogens is 248 g/mol. The summed E-state index contributed by atoms with van der Waals surface area (Å²) in [6.07, 6.45) is 6.74. The van der Waals surface area contributed by atoms with Crippen LogP contribution in [0.2, 0.25) is 0 Å². The van der Waals surface area contributed by atoms with E-state index >= 15 is 0 Å². The standard InChI is InChI=1S/C18H24O2/c1-18(17(19)20-2)11-5-8-15-12-14-7-4-3-6-13(14)9-10-16(15)18/h3-4,6-7,15-16H,5,8-12H2,1-2H3/t15-,16-,18-/m0/s1. The molecule has 2 aliphatic carbocycles. The van der Waals surface area contributed by atoms with E-state index < -0.39 is 0 Å². The van der Waals surface area contributed by atoms with Crippen LogP contribution in [0.3, 0.4) is 0 Å². The van der Waals surface area contributed by atoms with Crippen LogP contribution in [0.25, 0.3) is 0 Å². The number of fused-ring (bicyclic) bond motifs is 2. The molecule has 0 N–H and O–H groups in total. The summed E-state index contributed by atoms with van der Waals surface area (Å²) in [7, 11) is 1.53. The van der Waals surface area contributed by atoms with E-state index in [0.29, 0.717) is 11.8 Å². The number of rotatable bonds is 1. The Bertz CT molecular complexity index is 508. The average Bonchev–Trinajstić information content (AvgIpc) is 2.66. The van der Waals surface area contributed by atoms with E-state index in [2.05, 4.69) is 31.2 Å². The van der Waals surface area contributed by atoms with Crippen molar-refractivity contribution in [2.24, 2.45) is 17.3 Å². The first kappa shape index (κ1) is 13.7. The second-order valence-electron chi connectivity index (χ2n) is 6.68. The van der Waals surface area contributed by atoms with Crippen molar-refractivity contribution >= 4 is 5.97 Å². The third-order valence-electron chi connectivity index (χ3n) is 5.64. The van der Waals surface area contributed by atoms with Crippen molar-refractivity contribution in [2.75, 3.05) is 7.11 Å². The number of esters is 1. The first-order valence-corrected chi connectivity index (χ1v) is 7.80. The number of aryl methyl sites for hydroxylation is 1. The van der Waals surface area contributed by atoms with E-state index in [1.54, 1.807) is 0 Å². The molecule has 20 heavy (non-hydrogen) atoms. The highest BCUT2D eigenvalue weighted by Crippen LogP contribution is 2.49. The van der Waals surface area contributed by atoms with E-state index in [0.717, 1.165) is 32.1 Å². The van der Waals surface area contributed by atoms with E-state index in [1.807, 2.05) is 0 Å². The summed E-state index contributed by atoms with van der Waals surface area (Å²) in [5.74, 6) is 1.10. The van der Waals surface area contributed by atoms with Crippen LogP contribution in [-0.4, -0.2) is 13.1 Å². The highest BCUT2D eigenvalue weighted by atomic mass is 16.5. The molecule has 2 nitrogen and oxygen atoms in total. The largest absolute Gasteiger partial charge is 0.469 e. The molecule has 0 unspecified atom stereocenters. The molecule has 3 atom stereocenters. The fourth-order valence-corrected chi connectivity index (χ4v) is 4.52. The summed E-state index contributed by atoms with van der Waals surface area (Å²) in [6, 6.07) is 8.79. The fraction of sp³-hybridized carbons (Fsp3) is 0.611. The van der Waals surface area contributed by atoms with Crippen LogP contribution in [0.15, 0.2) is 24.3 Å². The lowest BCUT2D eigenvalue weighted by Crippen LogP contribution is -2.44. The molecule has 1 fully saturated rings. The number of benzene rings is 1. The molecule has 0 aromatic heterocycles. The minimum atomic E-state index is -0.278. The van der Waals surface area contributed by atoms with Gasteiger partial charge in [-0.3, -0.25) is 4.79 Å². The minimum absolute atomic E-state index is 0.00171. The lowest BCUT2D eigenvalue weighted by atomic mass is 9.60. The van der Waals surface area contributed by atoms with Crippen molar-refractivity contribution in [3.63, 3.8) is 0 Å². The van der Waals surface area contributed by atoms with Crippen molar-refractivity contribution in [2.45, 2.75) is 45.4 Å². The summed E-state index contributed by atoms with van der Waals surface area (Å²) >= 11 is 0. The molecular formula is C18H24O2. The zero-order valence-corrected chi connectivity index (χ0v) is 12.5. The topological polar surface area (TPSA) is 26.3 Å². The molecule has 2 aliphatic rings. The van der Waals surface area contributed by atoms with Crippen LogP contribution < -0.4 is 0 Å². The second-order valence-corrected chi connectivity index (χ2v) is 6.68. The number of hydrogen-bond acceptors (Lipinski definition) is 2. The molecule has 2 heteroatoms. The summed E-state index contributed by atoms with van der Waals surface area (Å²) in [5.41, 5.74) is 2.70. The Morgan fingerprint density at radius 2 is 2.00 bits per heavy atom. The lowest BCUT2D eigenvalue weighted by molar-refractivity contribution is -0.160. The van der Waals surface area contributed by atoms with Gasteiger partial charge in [-0.2, -0.15) is 0 Å². The summed E-state index contributed by atoms with van der Waals surface area (Å²) < 4.78 is 5.12. The molecule has 3 rings (SSSR count). The van der Waals surface area contributed by atoms with Gasteiger partial charge in [-0.15, -0.1) is 0 Å². The molecule has 0 radical (unpaired) electrons. The van der Waals surface area contributed by atoms with Gasteiger partial charge in [-0.05, 0) is 62.0 Å². The van der Waals surface area contributed by atoms with Crippen LogP contribution in [0.1, 0.15) is 43.7 Å². The predicted octanol–water partition coefficient (Wildman–Crippen LogP) is 3.77. The van der Waals surface area contributed by atoms with E-state index in [1.165, 1.54) is 24.7 Å². The van der Waals surface area contributed by atoms with Crippen molar-refractivity contribution in [3.8, 4) is 0 Å². The molecule has 0 saturated heterocycles. The number of carbonyl (C=O) groups excluding carboxylic acids is 1. The molecule has 0 bridgehead atoms. The smallest absolute Gasteiger partial charge is 0.311 e. The first-order chi connectivity index (χ1) is 9.65. The van der Waals surface area contributed by atoms with Crippen LogP contribution in [-0.2, 0) is 22.4 Å². The Hall–Kier alpha value is -1.31. The SMILES string of the molecule is COC(=O)[C@@]1(C)CCC[C@H]2Cc3ccccc3CC[C@@H]21. The quantitative estimate of drug-likeness (QED) is 0.727. The van der Waals surface area contributed by atoms with Gasteiger partial charge in [0, 0.05) is 0 Å². The van der Waals surface area contributed by atoms with Gasteiger partial charge < -0.3 is 4.74 Å². The number of ether oxygens (including phenoxy) is 1. The Morgan fingerprint density at radius 1 is 1.25 bits per heavy atom. The van der Waals surface area contributed by atoms with Crippen molar-refractivity contribution in [3.05, 3.63) is 35.4 Å². The van der Waals surface area contributed by atoms with Crippen molar-refractivity contribution in [1.82, 2.24) is 0 Å². The fourth-order valence-electron chi connectivity index (χ4n) is 4.52. The predicted molar refractivity (Wildman–Crippen MR) is 79.4 cm³/mol. The first-order valence-electron chi connectivity index (χ1n) is 7.80. The van der Waals surface area contributed by atoms with Gasteiger partial charge >= 0.3 is 5.97 Å². The maximum atomic E-state index is 12.3. The summed E-state index contributed by atoms with van der Waals surface area (Å²) in [5, 5.41) is 0. The van der Waals surface area contributed by atoms with Crippen LogP contribution in [0, 0.1) is 17.3 Å². The molecule has 1 aromatic carbocycles. The number of hydrogen-bond donors (Lipinski definition) is 0. The molecule has 108 valence electrons. The maximum Gasteiger partial charge on any atom is 0.311 e. The summed E-state index contributed by atoms with van der Waals surface area (Å²) in [6.45, 7) is 2.13. The molecule has 1 aromatic rings. The molecule has 0 spiro atoms. The number of methoxy groups -OCH3 is 1. The third kappa shape index (κ3) is 2.15. The monoisotopic (exact) mass is 272 g/mol. The molecule has 0 aliphatic heterocycles. The normalized spacial score (nSPS) is 32.7. The van der Waals surface area contributed by atoms with Gasteiger partial charge in [0.15, 0.2) is 0 Å². The van der Waals surface area contributed by atoms with Crippen molar-refractivity contribution < 1.29 is 9.53 Å². The van der Waals surface area contributed by atoms with Gasteiger partial charge in [0.05, 0.1) is 12.5 Å². The molecule has 0 heterocycles. The Kier molecular flexibility index (Phi) is 3.57. The summed E-state index contributed by atoms with van der Waals surface area (Å²) in [4.78, 5) is 12.3. The zero-order valence-electron chi connectivity index (χ0n) is 12.5. The van der Waals surface area contributed by atoms with Crippen LogP contribution >= 0.6 is 0 Å². The van der Waals surface area contributed by atoms with E-state index in [-0.39, 0.29) is 11.4 Å². The Labute approximate surface area is 121 Å². The van der Waals surface area contributed by atoms with Gasteiger partial charge in [-0.25, -0.2) is 0 Å². The third-order valence-corrected chi connectivity index (χ3v) is 5.64. The van der Waals surface area contributed by atoms with E-state index in [9.17, 15) is 4.79 Å². The zero-order chi connectivity index (χ0) is 14.2.